The Morgan fingerprint density at radius 3 is 2.52 bits per heavy atom. The average molecular weight is 338 g/mol. The zero-order valence-corrected chi connectivity index (χ0v) is 13.9. The van der Waals surface area contributed by atoms with Gasteiger partial charge in [-0.3, -0.25) is 0 Å². The van der Waals surface area contributed by atoms with E-state index in [1.165, 1.54) is 12.4 Å². The lowest BCUT2D eigenvalue weighted by Crippen LogP contribution is -2.08. The van der Waals surface area contributed by atoms with Gasteiger partial charge < -0.3 is 15.4 Å². The minimum Gasteiger partial charge on any atom is -0.497 e. The third-order valence-electron chi connectivity index (χ3n) is 3.69. The molecule has 3 rings (SSSR count). The zero-order chi connectivity index (χ0) is 17.5. The Labute approximate surface area is 145 Å². The van der Waals surface area contributed by atoms with Gasteiger partial charge in [-0.05, 0) is 42.3 Å². The Kier molecular flexibility index (Phi) is 5.41. The number of methoxy groups -OCH3 is 1. The molecule has 5 nitrogen and oxygen atoms in total. The monoisotopic (exact) mass is 338 g/mol. The highest BCUT2D eigenvalue weighted by Crippen LogP contribution is 2.19. The van der Waals surface area contributed by atoms with Gasteiger partial charge in [0, 0.05) is 18.3 Å². The predicted molar refractivity (Wildman–Crippen MR) is 96.9 cm³/mol. The van der Waals surface area contributed by atoms with Crippen molar-refractivity contribution >= 4 is 17.3 Å². The van der Waals surface area contributed by atoms with E-state index in [2.05, 4.69) is 20.6 Å². The molecule has 0 saturated heterocycles. The normalized spacial score (nSPS) is 10.3. The number of aromatic nitrogens is 2. The molecule has 6 heteroatoms. The number of halogens is 1. The number of anilines is 3. The molecule has 3 aromatic rings. The van der Waals surface area contributed by atoms with Gasteiger partial charge in [0.2, 0.25) is 0 Å². The maximum atomic E-state index is 13.6. The zero-order valence-electron chi connectivity index (χ0n) is 13.9. The van der Waals surface area contributed by atoms with Crippen LogP contribution in [-0.4, -0.2) is 23.6 Å². The van der Waals surface area contributed by atoms with E-state index in [9.17, 15) is 4.39 Å². The molecule has 0 saturated carbocycles. The van der Waals surface area contributed by atoms with Crippen molar-refractivity contribution in [1.29, 1.82) is 0 Å². The third-order valence-corrected chi connectivity index (χ3v) is 3.69. The third kappa shape index (κ3) is 4.67. The largest absolute Gasteiger partial charge is 0.497 e. The summed E-state index contributed by atoms with van der Waals surface area (Å²) in [7, 11) is 1.63. The fourth-order valence-electron chi connectivity index (χ4n) is 2.37. The molecule has 0 amide bonds. The fourth-order valence-corrected chi connectivity index (χ4v) is 2.37. The van der Waals surface area contributed by atoms with E-state index in [1.807, 2.05) is 36.4 Å². The number of ether oxygens (including phenoxy) is 1. The van der Waals surface area contributed by atoms with Crippen LogP contribution in [0.3, 0.4) is 0 Å². The first-order valence-corrected chi connectivity index (χ1v) is 7.95. The molecule has 0 radical (unpaired) electrons. The first-order chi connectivity index (χ1) is 12.2. The van der Waals surface area contributed by atoms with Crippen LogP contribution in [0, 0.1) is 5.82 Å². The van der Waals surface area contributed by atoms with Gasteiger partial charge in [-0.25, -0.2) is 14.4 Å². The van der Waals surface area contributed by atoms with Crippen LogP contribution >= 0.6 is 0 Å². The number of benzene rings is 2. The van der Waals surface area contributed by atoms with Gasteiger partial charge in [0.05, 0.1) is 7.11 Å². The SMILES string of the molecule is COc1ccc(Nc2cc(NCCc3ccccc3F)ncn2)cc1. The first kappa shape index (κ1) is 16.7. The van der Waals surface area contributed by atoms with Gasteiger partial charge in [-0.2, -0.15) is 0 Å². The molecule has 25 heavy (non-hydrogen) atoms. The molecule has 0 fully saturated rings. The number of nitrogens with zero attached hydrogens (tertiary/aromatic N) is 2. The smallest absolute Gasteiger partial charge is 0.135 e. The van der Waals surface area contributed by atoms with E-state index in [0.717, 1.165) is 11.4 Å². The van der Waals surface area contributed by atoms with E-state index >= 15 is 0 Å². The topological polar surface area (TPSA) is 59.1 Å². The van der Waals surface area contributed by atoms with E-state index in [-0.39, 0.29) is 5.82 Å². The van der Waals surface area contributed by atoms with Crippen molar-refractivity contribution in [2.45, 2.75) is 6.42 Å². The summed E-state index contributed by atoms with van der Waals surface area (Å²) >= 11 is 0. The highest BCUT2D eigenvalue weighted by atomic mass is 19.1. The number of hydrogen-bond acceptors (Lipinski definition) is 5. The molecule has 128 valence electrons. The van der Waals surface area contributed by atoms with Gasteiger partial charge in [-0.15, -0.1) is 0 Å². The summed E-state index contributed by atoms with van der Waals surface area (Å²) < 4.78 is 18.7. The molecule has 0 aliphatic rings. The lowest BCUT2D eigenvalue weighted by atomic mass is 10.1. The standard InChI is InChI=1S/C19H19FN4O/c1-25-16-8-6-15(7-9-16)24-19-12-18(22-13-23-19)21-11-10-14-4-2-3-5-17(14)20/h2-9,12-13H,10-11H2,1H3,(H2,21,22,23,24). The van der Waals surface area contributed by atoms with Crippen molar-refractivity contribution in [3.63, 3.8) is 0 Å². The average Bonchev–Trinajstić information content (AvgIpc) is 2.64. The Morgan fingerprint density at radius 1 is 1.00 bits per heavy atom. The molecule has 0 aliphatic carbocycles. The number of rotatable bonds is 7. The van der Waals surface area contributed by atoms with Gasteiger partial charge in [-0.1, -0.05) is 18.2 Å². The summed E-state index contributed by atoms with van der Waals surface area (Å²) in [5.41, 5.74) is 1.58. The lowest BCUT2D eigenvalue weighted by molar-refractivity contribution is 0.415. The fraction of sp³-hybridized carbons (Fsp3) is 0.158. The summed E-state index contributed by atoms with van der Waals surface area (Å²) in [6.45, 7) is 0.583. The molecule has 2 N–H and O–H groups in total. The van der Waals surface area contributed by atoms with Crippen LogP contribution in [0.1, 0.15) is 5.56 Å². The summed E-state index contributed by atoms with van der Waals surface area (Å²) in [4.78, 5) is 8.39. The summed E-state index contributed by atoms with van der Waals surface area (Å²) in [5, 5.41) is 6.39. The van der Waals surface area contributed by atoms with Gasteiger partial charge in [0.15, 0.2) is 0 Å². The molecule has 0 aliphatic heterocycles. The highest BCUT2D eigenvalue weighted by molar-refractivity contribution is 5.59. The van der Waals surface area contributed by atoms with Gasteiger partial charge in [0.25, 0.3) is 0 Å². The second kappa shape index (κ2) is 8.10. The molecule has 1 aromatic heterocycles. The van der Waals surface area contributed by atoms with E-state index in [4.69, 9.17) is 4.74 Å². The van der Waals surface area contributed by atoms with Crippen LogP contribution in [-0.2, 0) is 6.42 Å². The van der Waals surface area contributed by atoms with Crippen molar-refractivity contribution in [1.82, 2.24) is 9.97 Å². The summed E-state index contributed by atoms with van der Waals surface area (Å²) in [6.07, 6.45) is 2.06. The Hall–Kier alpha value is -3.15. The quantitative estimate of drug-likeness (QED) is 0.681. The van der Waals surface area contributed by atoms with Crippen molar-refractivity contribution in [3.8, 4) is 5.75 Å². The molecular formula is C19H19FN4O. The lowest BCUT2D eigenvalue weighted by Gasteiger charge is -2.09. The first-order valence-electron chi connectivity index (χ1n) is 7.95. The van der Waals surface area contributed by atoms with Crippen molar-refractivity contribution in [2.24, 2.45) is 0 Å². The second-order valence-electron chi connectivity index (χ2n) is 5.41. The number of nitrogens with one attached hydrogen (secondary N) is 2. The molecule has 0 unspecified atom stereocenters. The van der Waals surface area contributed by atoms with E-state index in [0.29, 0.717) is 30.2 Å². The summed E-state index contributed by atoms with van der Waals surface area (Å²) in [5.74, 6) is 1.97. The van der Waals surface area contributed by atoms with Crippen molar-refractivity contribution in [3.05, 3.63) is 72.3 Å². The van der Waals surface area contributed by atoms with Crippen LogP contribution < -0.4 is 15.4 Å². The highest BCUT2D eigenvalue weighted by Gasteiger charge is 2.02. The Bertz CT molecular complexity index is 824. The minimum atomic E-state index is -0.186. The second-order valence-corrected chi connectivity index (χ2v) is 5.41. The van der Waals surface area contributed by atoms with Crippen LogP contribution in [0.4, 0.5) is 21.7 Å². The van der Waals surface area contributed by atoms with Crippen LogP contribution in [0.25, 0.3) is 0 Å². The van der Waals surface area contributed by atoms with E-state index < -0.39 is 0 Å². The van der Waals surface area contributed by atoms with Crippen LogP contribution in [0.15, 0.2) is 60.9 Å². The maximum Gasteiger partial charge on any atom is 0.135 e. The molecule has 0 spiro atoms. The van der Waals surface area contributed by atoms with Crippen LogP contribution in [0.2, 0.25) is 0 Å². The maximum absolute atomic E-state index is 13.6. The molecule has 0 bridgehead atoms. The van der Waals surface area contributed by atoms with Crippen LogP contribution in [0.5, 0.6) is 5.75 Å². The molecular weight excluding hydrogens is 319 g/mol. The van der Waals surface area contributed by atoms with E-state index in [1.54, 1.807) is 19.2 Å². The molecule has 0 atom stereocenters. The van der Waals surface area contributed by atoms with Gasteiger partial charge in [0.1, 0.15) is 29.5 Å². The number of hydrogen-bond donors (Lipinski definition) is 2. The predicted octanol–water partition coefficient (Wildman–Crippen LogP) is 4.02. The minimum absolute atomic E-state index is 0.186. The van der Waals surface area contributed by atoms with Gasteiger partial charge >= 0.3 is 0 Å². The summed E-state index contributed by atoms with van der Waals surface area (Å²) in [6, 6.07) is 16.1. The Balaban J connectivity index is 1.58. The molecule has 1 heterocycles. The van der Waals surface area contributed by atoms with Crippen molar-refractivity contribution < 1.29 is 9.13 Å². The Morgan fingerprint density at radius 2 is 1.76 bits per heavy atom. The molecule has 2 aromatic carbocycles. The van der Waals surface area contributed by atoms with Crippen molar-refractivity contribution in [2.75, 3.05) is 24.3 Å².